The SMILES string of the molecule is Cc1cc(F)ccc1C1CCN(C(=O)c2cccc(C3CCN(C)C3)n2)CC1. The van der Waals surface area contributed by atoms with Crippen LogP contribution in [0.2, 0.25) is 0 Å². The molecule has 1 aromatic heterocycles. The largest absolute Gasteiger partial charge is 0.337 e. The molecule has 0 bridgehead atoms. The molecule has 4 nitrogen and oxygen atoms in total. The number of amides is 1. The highest BCUT2D eigenvalue weighted by Gasteiger charge is 2.27. The van der Waals surface area contributed by atoms with Gasteiger partial charge in [-0.2, -0.15) is 0 Å². The maximum absolute atomic E-state index is 13.4. The smallest absolute Gasteiger partial charge is 0.272 e. The maximum atomic E-state index is 13.4. The second kappa shape index (κ2) is 8.00. The molecule has 0 N–H and O–H groups in total. The Kier molecular flexibility index (Phi) is 5.44. The van der Waals surface area contributed by atoms with E-state index in [4.69, 9.17) is 4.98 Å². The molecule has 2 aliphatic rings. The van der Waals surface area contributed by atoms with E-state index < -0.39 is 0 Å². The number of likely N-dealkylation sites (N-methyl/N-ethyl adjacent to an activating group) is 1. The number of carbonyl (C=O) groups is 1. The van der Waals surface area contributed by atoms with E-state index in [0.29, 0.717) is 17.5 Å². The number of hydrogen-bond donors (Lipinski definition) is 0. The summed E-state index contributed by atoms with van der Waals surface area (Å²) in [6.07, 6.45) is 2.92. The van der Waals surface area contributed by atoms with Crippen LogP contribution in [0, 0.1) is 12.7 Å². The van der Waals surface area contributed by atoms with Crippen molar-refractivity contribution in [3.63, 3.8) is 0 Å². The van der Waals surface area contributed by atoms with Crippen LogP contribution in [0.3, 0.4) is 0 Å². The fourth-order valence-corrected chi connectivity index (χ4v) is 4.63. The summed E-state index contributed by atoms with van der Waals surface area (Å²) in [6.45, 7) is 5.50. The van der Waals surface area contributed by atoms with Crippen molar-refractivity contribution in [3.05, 3.63) is 64.7 Å². The minimum absolute atomic E-state index is 0.0301. The van der Waals surface area contributed by atoms with Gasteiger partial charge in [-0.25, -0.2) is 9.37 Å². The second-order valence-corrected chi connectivity index (χ2v) is 8.26. The van der Waals surface area contributed by atoms with Gasteiger partial charge in [-0.1, -0.05) is 12.1 Å². The van der Waals surface area contributed by atoms with Crippen LogP contribution in [0.1, 0.15) is 58.4 Å². The van der Waals surface area contributed by atoms with Gasteiger partial charge in [0.25, 0.3) is 5.91 Å². The molecule has 0 aliphatic carbocycles. The minimum Gasteiger partial charge on any atom is -0.337 e. The minimum atomic E-state index is -0.187. The molecule has 2 aromatic rings. The number of aromatic nitrogens is 1. The van der Waals surface area contributed by atoms with Crippen molar-refractivity contribution in [3.8, 4) is 0 Å². The maximum Gasteiger partial charge on any atom is 0.272 e. The molecule has 1 amide bonds. The number of nitrogens with zero attached hydrogens (tertiary/aromatic N) is 3. The van der Waals surface area contributed by atoms with E-state index in [2.05, 4.69) is 11.9 Å². The van der Waals surface area contributed by atoms with Gasteiger partial charge in [0.2, 0.25) is 0 Å². The Hall–Kier alpha value is -2.27. The lowest BCUT2D eigenvalue weighted by Crippen LogP contribution is -2.38. The summed E-state index contributed by atoms with van der Waals surface area (Å²) in [5, 5.41) is 0. The molecule has 2 aliphatic heterocycles. The molecule has 0 radical (unpaired) electrons. The third kappa shape index (κ3) is 3.95. The fourth-order valence-electron chi connectivity index (χ4n) is 4.63. The summed E-state index contributed by atoms with van der Waals surface area (Å²) >= 11 is 0. The van der Waals surface area contributed by atoms with Crippen molar-refractivity contribution in [2.45, 2.75) is 38.0 Å². The van der Waals surface area contributed by atoms with Gasteiger partial charge in [0.1, 0.15) is 11.5 Å². The second-order valence-electron chi connectivity index (χ2n) is 8.26. The molecule has 1 atom stereocenters. The first-order valence-electron chi connectivity index (χ1n) is 10.2. The molecule has 2 fully saturated rings. The van der Waals surface area contributed by atoms with E-state index in [9.17, 15) is 9.18 Å². The molecule has 1 aromatic carbocycles. The first-order chi connectivity index (χ1) is 13.5. The first kappa shape index (κ1) is 19.1. The van der Waals surface area contributed by atoms with Crippen molar-refractivity contribution >= 4 is 5.91 Å². The molecular formula is C23H28FN3O. The van der Waals surface area contributed by atoms with E-state index in [1.54, 1.807) is 6.07 Å². The number of carbonyl (C=O) groups excluding carboxylic acids is 1. The lowest BCUT2D eigenvalue weighted by Gasteiger charge is -2.32. The Bertz CT molecular complexity index is 861. The summed E-state index contributed by atoms with van der Waals surface area (Å²) < 4.78 is 13.4. The number of likely N-dealkylation sites (tertiary alicyclic amines) is 2. The number of piperidine rings is 1. The highest BCUT2D eigenvalue weighted by molar-refractivity contribution is 5.92. The van der Waals surface area contributed by atoms with Crippen LogP contribution >= 0.6 is 0 Å². The first-order valence-corrected chi connectivity index (χ1v) is 10.2. The third-order valence-corrected chi connectivity index (χ3v) is 6.25. The Balaban J connectivity index is 1.41. The number of hydrogen-bond acceptors (Lipinski definition) is 3. The van der Waals surface area contributed by atoms with Crippen molar-refractivity contribution in [2.75, 3.05) is 33.2 Å². The van der Waals surface area contributed by atoms with Crippen molar-refractivity contribution in [1.29, 1.82) is 0 Å². The van der Waals surface area contributed by atoms with E-state index in [-0.39, 0.29) is 11.7 Å². The highest BCUT2D eigenvalue weighted by Crippen LogP contribution is 2.31. The van der Waals surface area contributed by atoms with E-state index in [0.717, 1.165) is 56.7 Å². The Morgan fingerprint density at radius 2 is 1.82 bits per heavy atom. The quantitative estimate of drug-likeness (QED) is 0.807. The van der Waals surface area contributed by atoms with E-state index in [1.165, 1.54) is 11.6 Å². The number of benzene rings is 1. The molecule has 1 unspecified atom stereocenters. The zero-order valence-electron chi connectivity index (χ0n) is 16.7. The van der Waals surface area contributed by atoms with Crippen LogP contribution < -0.4 is 0 Å². The molecule has 0 spiro atoms. The normalized spacial score (nSPS) is 21.2. The summed E-state index contributed by atoms with van der Waals surface area (Å²) in [5.41, 5.74) is 3.80. The molecule has 3 heterocycles. The standard InChI is InChI=1S/C23H28FN3O/c1-16-14-19(24)6-7-20(16)17-9-12-27(13-10-17)23(28)22-5-3-4-21(25-22)18-8-11-26(2)15-18/h3-7,14,17-18H,8-13,15H2,1-2H3. The highest BCUT2D eigenvalue weighted by atomic mass is 19.1. The summed E-state index contributed by atoms with van der Waals surface area (Å²) in [4.78, 5) is 21.9. The molecule has 5 heteroatoms. The van der Waals surface area contributed by atoms with Gasteiger partial charge in [0.15, 0.2) is 0 Å². The van der Waals surface area contributed by atoms with Gasteiger partial charge in [-0.05, 0) is 81.1 Å². The number of pyridine rings is 1. The molecule has 2 saturated heterocycles. The Morgan fingerprint density at radius 1 is 1.07 bits per heavy atom. The van der Waals surface area contributed by atoms with Crippen molar-refractivity contribution < 1.29 is 9.18 Å². The predicted octanol–water partition coefficient (Wildman–Crippen LogP) is 3.97. The summed E-state index contributed by atoms with van der Waals surface area (Å²) in [7, 11) is 2.13. The van der Waals surface area contributed by atoms with Crippen LogP contribution in [-0.4, -0.2) is 53.9 Å². The van der Waals surface area contributed by atoms with Crippen molar-refractivity contribution in [1.82, 2.24) is 14.8 Å². The molecular weight excluding hydrogens is 353 g/mol. The van der Waals surface area contributed by atoms with Gasteiger partial charge in [0, 0.05) is 31.2 Å². The van der Waals surface area contributed by atoms with Gasteiger partial charge in [0.05, 0.1) is 0 Å². The zero-order valence-corrected chi connectivity index (χ0v) is 16.7. The summed E-state index contributed by atoms with van der Waals surface area (Å²) in [5.74, 6) is 0.652. The van der Waals surface area contributed by atoms with Gasteiger partial charge < -0.3 is 9.80 Å². The van der Waals surface area contributed by atoms with Gasteiger partial charge in [-0.15, -0.1) is 0 Å². The monoisotopic (exact) mass is 381 g/mol. The van der Waals surface area contributed by atoms with Gasteiger partial charge in [-0.3, -0.25) is 4.79 Å². The molecule has 148 valence electrons. The molecule has 28 heavy (non-hydrogen) atoms. The Labute approximate surface area is 166 Å². The van der Waals surface area contributed by atoms with Gasteiger partial charge >= 0.3 is 0 Å². The van der Waals surface area contributed by atoms with Crippen LogP contribution in [0.25, 0.3) is 0 Å². The molecule has 0 saturated carbocycles. The lowest BCUT2D eigenvalue weighted by atomic mass is 9.87. The molecule has 4 rings (SSSR count). The third-order valence-electron chi connectivity index (χ3n) is 6.25. The van der Waals surface area contributed by atoms with E-state index >= 15 is 0 Å². The lowest BCUT2D eigenvalue weighted by molar-refractivity contribution is 0.0706. The average Bonchev–Trinajstić information content (AvgIpc) is 3.14. The predicted molar refractivity (Wildman–Crippen MR) is 108 cm³/mol. The number of rotatable bonds is 3. The van der Waals surface area contributed by atoms with Crippen LogP contribution in [0.5, 0.6) is 0 Å². The number of aryl methyl sites for hydroxylation is 1. The van der Waals surface area contributed by atoms with Crippen LogP contribution in [0.15, 0.2) is 36.4 Å². The zero-order chi connectivity index (χ0) is 19.7. The fraction of sp³-hybridized carbons (Fsp3) is 0.478. The summed E-state index contributed by atoms with van der Waals surface area (Å²) in [6, 6.07) is 10.9. The van der Waals surface area contributed by atoms with Crippen molar-refractivity contribution in [2.24, 2.45) is 0 Å². The van der Waals surface area contributed by atoms with Crippen LogP contribution in [-0.2, 0) is 0 Å². The number of halogens is 1. The average molecular weight is 381 g/mol. The topological polar surface area (TPSA) is 36.4 Å². The van der Waals surface area contributed by atoms with E-state index in [1.807, 2.05) is 36.1 Å². The Morgan fingerprint density at radius 3 is 2.50 bits per heavy atom. The van der Waals surface area contributed by atoms with Crippen LogP contribution in [0.4, 0.5) is 4.39 Å².